The average molecular weight is 330 g/mol. The van der Waals surface area contributed by atoms with Gasteiger partial charge in [0.25, 0.3) is 5.91 Å². The number of likely N-dealkylation sites (tertiary alicyclic amines) is 1. The van der Waals surface area contributed by atoms with Crippen molar-refractivity contribution < 1.29 is 14.0 Å². The van der Waals surface area contributed by atoms with Gasteiger partial charge in [0, 0.05) is 26.1 Å². The Hall–Kier alpha value is -1.53. The molecule has 0 bridgehead atoms. The van der Waals surface area contributed by atoms with E-state index in [1.54, 1.807) is 12.1 Å². The molecule has 7 heteroatoms. The van der Waals surface area contributed by atoms with Crippen molar-refractivity contribution in [1.82, 2.24) is 15.5 Å². The Kier molecular flexibility index (Phi) is 7.98. The lowest BCUT2D eigenvalue weighted by Gasteiger charge is -2.32. The molecule has 0 spiro atoms. The molecule has 2 heterocycles. The molecule has 2 N–H and O–H groups in total. The molecular formula is C15H24ClN3O3. The van der Waals surface area contributed by atoms with Crippen molar-refractivity contribution in [2.75, 3.05) is 33.2 Å². The van der Waals surface area contributed by atoms with E-state index in [0.717, 1.165) is 32.5 Å². The molecule has 1 saturated heterocycles. The molecule has 1 aromatic heterocycles. The number of hydrogen-bond acceptors (Lipinski definition) is 4. The summed E-state index contributed by atoms with van der Waals surface area (Å²) in [6.45, 7) is 2.99. The first-order chi connectivity index (χ1) is 10.2. The monoisotopic (exact) mass is 329 g/mol. The van der Waals surface area contributed by atoms with E-state index in [9.17, 15) is 9.59 Å². The summed E-state index contributed by atoms with van der Waals surface area (Å²) in [7, 11) is 1.96. The number of carbonyl (C=O) groups is 2. The summed E-state index contributed by atoms with van der Waals surface area (Å²) in [5.74, 6) is 0.770. The Balaban J connectivity index is 0.00000242. The van der Waals surface area contributed by atoms with Gasteiger partial charge in [-0.3, -0.25) is 9.59 Å². The maximum atomic E-state index is 12.1. The van der Waals surface area contributed by atoms with Crippen LogP contribution in [0.25, 0.3) is 0 Å². The molecule has 0 aliphatic carbocycles. The fraction of sp³-hybridized carbons (Fsp3) is 0.600. The van der Waals surface area contributed by atoms with Crippen LogP contribution < -0.4 is 10.6 Å². The van der Waals surface area contributed by atoms with Crippen LogP contribution in [0.4, 0.5) is 0 Å². The molecule has 0 atom stereocenters. The van der Waals surface area contributed by atoms with Gasteiger partial charge in [-0.15, -0.1) is 12.4 Å². The lowest BCUT2D eigenvalue weighted by atomic mass is 9.96. The van der Waals surface area contributed by atoms with Gasteiger partial charge in [0.15, 0.2) is 5.76 Å². The molecule has 124 valence electrons. The van der Waals surface area contributed by atoms with E-state index in [1.807, 2.05) is 11.9 Å². The largest absolute Gasteiger partial charge is 0.459 e. The Bertz CT molecular complexity index is 457. The first kappa shape index (κ1) is 18.5. The second-order valence-electron chi connectivity index (χ2n) is 5.37. The molecule has 2 amide bonds. The zero-order valence-electron chi connectivity index (χ0n) is 12.8. The highest BCUT2D eigenvalue weighted by Crippen LogP contribution is 2.16. The van der Waals surface area contributed by atoms with E-state index >= 15 is 0 Å². The van der Waals surface area contributed by atoms with E-state index in [2.05, 4.69) is 10.6 Å². The standard InChI is InChI=1S/C15H23N3O3.ClH/c1-16-11-12-5-8-18(9-6-12)14(19)4-7-17-15(20)13-3-2-10-21-13;/h2-3,10,12,16H,4-9,11H2,1H3,(H,17,20);1H. The summed E-state index contributed by atoms with van der Waals surface area (Å²) in [4.78, 5) is 25.6. The van der Waals surface area contributed by atoms with Gasteiger partial charge in [-0.2, -0.15) is 0 Å². The summed E-state index contributed by atoms with van der Waals surface area (Å²) >= 11 is 0. The minimum absolute atomic E-state index is 0. The van der Waals surface area contributed by atoms with Gasteiger partial charge in [0.1, 0.15) is 0 Å². The molecule has 1 aliphatic heterocycles. The molecule has 1 fully saturated rings. The number of carbonyl (C=O) groups excluding carboxylic acids is 2. The minimum Gasteiger partial charge on any atom is -0.459 e. The second-order valence-corrected chi connectivity index (χ2v) is 5.37. The summed E-state index contributed by atoms with van der Waals surface area (Å²) in [5.41, 5.74) is 0. The molecule has 22 heavy (non-hydrogen) atoms. The zero-order valence-corrected chi connectivity index (χ0v) is 13.7. The van der Waals surface area contributed by atoms with Gasteiger partial charge in [0.2, 0.25) is 5.91 Å². The molecule has 0 radical (unpaired) electrons. The SMILES string of the molecule is CNCC1CCN(C(=O)CCNC(=O)c2ccco2)CC1.Cl. The van der Waals surface area contributed by atoms with Crippen molar-refractivity contribution in [3.63, 3.8) is 0 Å². The van der Waals surface area contributed by atoms with Crippen LogP contribution in [0.5, 0.6) is 0 Å². The van der Waals surface area contributed by atoms with Crippen LogP contribution in [0.15, 0.2) is 22.8 Å². The van der Waals surface area contributed by atoms with Crippen molar-refractivity contribution in [3.8, 4) is 0 Å². The Morgan fingerprint density at radius 1 is 1.36 bits per heavy atom. The number of amides is 2. The van der Waals surface area contributed by atoms with Gasteiger partial charge < -0.3 is 20.0 Å². The van der Waals surface area contributed by atoms with Crippen molar-refractivity contribution in [1.29, 1.82) is 0 Å². The van der Waals surface area contributed by atoms with Gasteiger partial charge in [-0.25, -0.2) is 0 Å². The van der Waals surface area contributed by atoms with Crippen LogP contribution in [0.3, 0.4) is 0 Å². The quantitative estimate of drug-likeness (QED) is 0.824. The summed E-state index contributed by atoms with van der Waals surface area (Å²) in [6, 6.07) is 3.26. The van der Waals surface area contributed by atoms with Crippen LogP contribution in [0.2, 0.25) is 0 Å². The Labute approximate surface area is 137 Å². The van der Waals surface area contributed by atoms with Crippen molar-refractivity contribution in [2.45, 2.75) is 19.3 Å². The number of furan rings is 1. The molecular weight excluding hydrogens is 306 g/mol. The number of nitrogens with one attached hydrogen (secondary N) is 2. The summed E-state index contributed by atoms with van der Waals surface area (Å²) in [5, 5.41) is 5.88. The van der Waals surface area contributed by atoms with E-state index in [4.69, 9.17) is 4.42 Å². The molecule has 6 nitrogen and oxygen atoms in total. The first-order valence-corrected chi connectivity index (χ1v) is 7.44. The fourth-order valence-electron chi connectivity index (χ4n) is 2.61. The number of halogens is 1. The van der Waals surface area contributed by atoms with Gasteiger partial charge in [-0.05, 0) is 44.5 Å². The third kappa shape index (κ3) is 5.35. The van der Waals surface area contributed by atoms with E-state index in [1.165, 1.54) is 6.26 Å². The predicted octanol–water partition coefficient (Wildman–Crippen LogP) is 1.28. The molecule has 0 saturated carbocycles. The molecule has 1 aromatic rings. The van der Waals surface area contributed by atoms with E-state index in [-0.39, 0.29) is 30.0 Å². The Morgan fingerprint density at radius 2 is 2.09 bits per heavy atom. The van der Waals surface area contributed by atoms with Crippen molar-refractivity contribution in [3.05, 3.63) is 24.2 Å². The molecule has 0 aromatic carbocycles. The highest BCUT2D eigenvalue weighted by Gasteiger charge is 2.22. The van der Waals surface area contributed by atoms with Gasteiger partial charge >= 0.3 is 0 Å². The predicted molar refractivity (Wildman–Crippen MR) is 86.1 cm³/mol. The average Bonchev–Trinajstić information content (AvgIpc) is 3.02. The number of piperidine rings is 1. The van der Waals surface area contributed by atoms with Crippen molar-refractivity contribution >= 4 is 24.2 Å². The van der Waals surface area contributed by atoms with Crippen LogP contribution in [0, 0.1) is 5.92 Å². The van der Waals surface area contributed by atoms with Crippen LogP contribution >= 0.6 is 12.4 Å². The maximum Gasteiger partial charge on any atom is 0.286 e. The molecule has 1 aliphatic rings. The van der Waals surface area contributed by atoms with E-state index in [0.29, 0.717) is 18.9 Å². The van der Waals surface area contributed by atoms with Crippen molar-refractivity contribution in [2.24, 2.45) is 5.92 Å². The molecule has 0 unspecified atom stereocenters. The smallest absolute Gasteiger partial charge is 0.286 e. The topological polar surface area (TPSA) is 74.6 Å². The lowest BCUT2D eigenvalue weighted by Crippen LogP contribution is -2.41. The molecule has 2 rings (SSSR count). The van der Waals surface area contributed by atoms with Crippen LogP contribution in [-0.4, -0.2) is 49.9 Å². The van der Waals surface area contributed by atoms with Crippen LogP contribution in [0.1, 0.15) is 29.8 Å². The van der Waals surface area contributed by atoms with Crippen LogP contribution in [-0.2, 0) is 4.79 Å². The minimum atomic E-state index is -0.277. The highest BCUT2D eigenvalue weighted by atomic mass is 35.5. The summed E-state index contributed by atoms with van der Waals surface area (Å²) < 4.78 is 4.99. The van der Waals surface area contributed by atoms with E-state index < -0.39 is 0 Å². The first-order valence-electron chi connectivity index (χ1n) is 7.44. The highest BCUT2D eigenvalue weighted by molar-refractivity contribution is 5.91. The lowest BCUT2D eigenvalue weighted by molar-refractivity contribution is -0.132. The second kappa shape index (κ2) is 9.48. The third-order valence-corrected chi connectivity index (χ3v) is 3.83. The maximum absolute atomic E-state index is 12.1. The third-order valence-electron chi connectivity index (χ3n) is 3.83. The summed E-state index contributed by atoms with van der Waals surface area (Å²) in [6.07, 6.45) is 3.88. The fourth-order valence-corrected chi connectivity index (χ4v) is 2.61. The normalized spacial score (nSPS) is 15.2. The number of rotatable bonds is 6. The number of nitrogens with zero attached hydrogens (tertiary/aromatic N) is 1. The Morgan fingerprint density at radius 3 is 2.68 bits per heavy atom. The zero-order chi connectivity index (χ0) is 15.1. The number of hydrogen-bond donors (Lipinski definition) is 2. The van der Waals surface area contributed by atoms with Gasteiger partial charge in [0.05, 0.1) is 6.26 Å². The van der Waals surface area contributed by atoms with Gasteiger partial charge in [-0.1, -0.05) is 0 Å².